The second kappa shape index (κ2) is 4.36. The molecule has 0 spiro atoms. The van der Waals surface area contributed by atoms with E-state index in [0.29, 0.717) is 12.8 Å². The number of hydrazone groups is 1. The predicted molar refractivity (Wildman–Crippen MR) is 59.2 cm³/mol. The molecule has 0 aromatic heterocycles. The van der Waals surface area contributed by atoms with Crippen LogP contribution in [-0.4, -0.2) is 40.9 Å². The van der Waals surface area contributed by atoms with E-state index in [4.69, 9.17) is 0 Å². The van der Waals surface area contributed by atoms with Gasteiger partial charge in [-0.3, -0.25) is 0 Å². The number of amides is 1. The van der Waals surface area contributed by atoms with Crippen LogP contribution in [-0.2, 0) is 4.74 Å². The summed E-state index contributed by atoms with van der Waals surface area (Å²) in [6, 6.07) is 0. The van der Waals surface area contributed by atoms with Crippen molar-refractivity contribution in [3.8, 4) is 0 Å². The summed E-state index contributed by atoms with van der Waals surface area (Å²) in [4.78, 5) is 11.5. The van der Waals surface area contributed by atoms with E-state index in [2.05, 4.69) is 9.84 Å². The van der Waals surface area contributed by atoms with Crippen molar-refractivity contribution >= 4 is 11.8 Å². The maximum absolute atomic E-state index is 13.2. The smallest absolute Gasteiger partial charge is 0.439 e. The average molecular weight is 280 g/mol. The first kappa shape index (κ1) is 14.1. The topological polar surface area (TPSA) is 62.1 Å². The predicted octanol–water partition coefficient (Wildman–Crippen LogP) is 2.11. The number of rotatable bonds is 0. The van der Waals surface area contributed by atoms with Gasteiger partial charge in [-0.05, 0) is 18.8 Å². The quantitative estimate of drug-likeness (QED) is 0.739. The summed E-state index contributed by atoms with van der Waals surface area (Å²) in [5.41, 5.74) is -3.08. The zero-order valence-corrected chi connectivity index (χ0v) is 10.6. The minimum Gasteiger partial charge on any atom is -0.451 e. The Morgan fingerprint density at radius 3 is 2.68 bits per heavy atom. The van der Waals surface area contributed by atoms with Crippen molar-refractivity contribution in [3.63, 3.8) is 0 Å². The molecule has 1 fully saturated rings. The fourth-order valence-corrected chi connectivity index (χ4v) is 2.77. The maximum Gasteiger partial charge on any atom is 0.439 e. The van der Waals surface area contributed by atoms with Gasteiger partial charge in [0, 0.05) is 5.71 Å². The number of fused-ring (bicyclic) bond motifs is 1. The maximum atomic E-state index is 13.2. The van der Waals surface area contributed by atoms with Crippen LogP contribution in [0.15, 0.2) is 5.10 Å². The van der Waals surface area contributed by atoms with Crippen LogP contribution in [0, 0.1) is 11.8 Å². The monoisotopic (exact) mass is 280 g/mol. The van der Waals surface area contributed by atoms with E-state index in [1.54, 1.807) is 6.92 Å². The molecular formula is C11H15F3N2O3. The van der Waals surface area contributed by atoms with E-state index in [1.165, 1.54) is 0 Å². The van der Waals surface area contributed by atoms with Crippen LogP contribution < -0.4 is 0 Å². The van der Waals surface area contributed by atoms with Crippen molar-refractivity contribution in [2.75, 3.05) is 7.11 Å². The summed E-state index contributed by atoms with van der Waals surface area (Å²) in [6.45, 7) is 1.74. The molecule has 0 saturated heterocycles. The Kier molecular flexibility index (Phi) is 3.24. The van der Waals surface area contributed by atoms with Gasteiger partial charge in [0.2, 0.25) is 0 Å². The van der Waals surface area contributed by atoms with Crippen LogP contribution in [0.2, 0.25) is 0 Å². The highest BCUT2D eigenvalue weighted by atomic mass is 19.4. The molecule has 0 bridgehead atoms. The van der Waals surface area contributed by atoms with Crippen LogP contribution in [0.5, 0.6) is 0 Å². The lowest BCUT2D eigenvalue weighted by atomic mass is 9.75. The summed E-state index contributed by atoms with van der Waals surface area (Å²) >= 11 is 0. The van der Waals surface area contributed by atoms with Crippen LogP contribution in [0.3, 0.4) is 0 Å². The largest absolute Gasteiger partial charge is 0.451 e. The van der Waals surface area contributed by atoms with E-state index < -0.39 is 23.9 Å². The minimum absolute atomic E-state index is 0.0365. The average Bonchev–Trinajstić information content (AvgIpc) is 2.65. The molecule has 2 aliphatic rings. The van der Waals surface area contributed by atoms with Crippen molar-refractivity contribution in [2.45, 2.75) is 38.1 Å². The van der Waals surface area contributed by atoms with Gasteiger partial charge in [-0.2, -0.15) is 23.3 Å². The van der Waals surface area contributed by atoms with Crippen molar-refractivity contribution in [1.82, 2.24) is 5.01 Å². The molecule has 1 N–H and O–H groups in total. The van der Waals surface area contributed by atoms with Crippen LogP contribution >= 0.6 is 0 Å². The van der Waals surface area contributed by atoms with Gasteiger partial charge < -0.3 is 9.84 Å². The lowest BCUT2D eigenvalue weighted by Crippen LogP contribution is -2.61. The summed E-state index contributed by atoms with van der Waals surface area (Å²) < 4.78 is 43.9. The third kappa shape index (κ3) is 1.89. The van der Waals surface area contributed by atoms with E-state index in [-0.39, 0.29) is 23.1 Å². The van der Waals surface area contributed by atoms with Crippen molar-refractivity contribution < 1.29 is 27.8 Å². The number of carbonyl (C=O) groups is 1. The molecule has 8 heteroatoms. The summed E-state index contributed by atoms with van der Waals surface area (Å²) in [5, 5.41) is 13.8. The van der Waals surface area contributed by atoms with Crippen molar-refractivity contribution in [3.05, 3.63) is 0 Å². The molecule has 1 aliphatic heterocycles. The molecule has 5 nitrogen and oxygen atoms in total. The highest BCUT2D eigenvalue weighted by Gasteiger charge is 2.69. The van der Waals surface area contributed by atoms with Gasteiger partial charge in [-0.25, -0.2) is 4.79 Å². The second-order valence-corrected chi connectivity index (χ2v) is 4.92. The van der Waals surface area contributed by atoms with E-state index in [1.807, 2.05) is 0 Å². The van der Waals surface area contributed by atoms with Gasteiger partial charge in [0.05, 0.1) is 13.0 Å². The van der Waals surface area contributed by atoms with Gasteiger partial charge in [0.15, 0.2) is 0 Å². The van der Waals surface area contributed by atoms with Crippen LogP contribution in [0.1, 0.15) is 26.2 Å². The lowest BCUT2D eigenvalue weighted by molar-refractivity contribution is -0.315. The first-order valence-corrected chi connectivity index (χ1v) is 5.99. The first-order valence-electron chi connectivity index (χ1n) is 5.99. The van der Waals surface area contributed by atoms with Gasteiger partial charge in [0.1, 0.15) is 0 Å². The number of aliphatic hydroxyl groups is 1. The second-order valence-electron chi connectivity index (χ2n) is 4.92. The SMILES string of the molecule is COC(=O)N1N=C2[C@H](C)CCC[C@H]2[C@]1(O)C(F)(F)F. The van der Waals surface area contributed by atoms with Crippen LogP contribution in [0.4, 0.5) is 18.0 Å². The number of carbonyl (C=O) groups excluding carboxylic acids is 1. The molecule has 0 radical (unpaired) electrons. The Bertz CT molecular complexity index is 424. The molecule has 0 aromatic carbocycles. The van der Waals surface area contributed by atoms with E-state index in [0.717, 1.165) is 7.11 Å². The van der Waals surface area contributed by atoms with Gasteiger partial charge in [-0.1, -0.05) is 13.3 Å². The molecule has 1 amide bonds. The molecule has 19 heavy (non-hydrogen) atoms. The Morgan fingerprint density at radius 1 is 1.53 bits per heavy atom. The standard InChI is InChI=1S/C11H15F3N2O3/c1-6-4-3-5-7-8(6)15-16(9(17)19-2)10(7,18)11(12,13)14/h6-7,18H,3-5H2,1-2H3/t6-,7-,10+/m1/s1. The molecule has 0 aromatic rings. The number of nitrogens with zero attached hydrogens (tertiary/aromatic N) is 2. The number of halogens is 3. The number of hydrogen-bond acceptors (Lipinski definition) is 4. The molecule has 1 heterocycles. The number of alkyl halides is 3. The van der Waals surface area contributed by atoms with Crippen molar-refractivity contribution in [2.24, 2.45) is 16.9 Å². The molecule has 108 valence electrons. The molecule has 3 atom stereocenters. The van der Waals surface area contributed by atoms with Crippen LogP contribution in [0.25, 0.3) is 0 Å². The number of hydrogen-bond donors (Lipinski definition) is 1. The van der Waals surface area contributed by atoms with Crippen molar-refractivity contribution in [1.29, 1.82) is 0 Å². The van der Waals surface area contributed by atoms with E-state index >= 15 is 0 Å². The van der Waals surface area contributed by atoms with Gasteiger partial charge in [-0.15, -0.1) is 0 Å². The van der Waals surface area contributed by atoms with Gasteiger partial charge in [0.25, 0.3) is 5.72 Å². The molecule has 1 saturated carbocycles. The zero-order chi connectivity index (χ0) is 14.4. The Hall–Kier alpha value is -1.31. The molecule has 0 unspecified atom stereocenters. The highest BCUT2D eigenvalue weighted by Crippen LogP contribution is 2.49. The van der Waals surface area contributed by atoms with Gasteiger partial charge >= 0.3 is 12.3 Å². The highest BCUT2D eigenvalue weighted by molar-refractivity contribution is 5.93. The lowest BCUT2D eigenvalue weighted by Gasteiger charge is -2.38. The first-order chi connectivity index (χ1) is 8.73. The Morgan fingerprint density at radius 2 is 2.16 bits per heavy atom. The molecule has 2 rings (SSSR count). The Labute approximate surface area is 108 Å². The minimum atomic E-state index is -4.99. The fourth-order valence-electron chi connectivity index (χ4n) is 2.77. The normalized spacial score (nSPS) is 34.8. The molecular weight excluding hydrogens is 265 g/mol. The fraction of sp³-hybridized carbons (Fsp3) is 0.818. The Balaban J connectivity index is 2.48. The number of methoxy groups -OCH3 is 1. The zero-order valence-electron chi connectivity index (χ0n) is 10.6. The van der Waals surface area contributed by atoms with E-state index in [9.17, 15) is 23.1 Å². The summed E-state index contributed by atoms with van der Waals surface area (Å²) in [6.07, 6.45) is -4.91. The summed E-state index contributed by atoms with van der Waals surface area (Å²) in [5.74, 6) is -1.40. The number of ether oxygens (including phenoxy) is 1. The third-order valence-electron chi connectivity index (χ3n) is 3.78. The molecule has 1 aliphatic carbocycles. The summed E-state index contributed by atoms with van der Waals surface area (Å²) in [7, 11) is 0.949. The third-order valence-corrected chi connectivity index (χ3v) is 3.78.